The lowest BCUT2D eigenvalue weighted by molar-refractivity contribution is 0.200. The van der Waals surface area contributed by atoms with Crippen molar-refractivity contribution in [2.24, 2.45) is 7.05 Å². The third-order valence-corrected chi connectivity index (χ3v) is 7.60. The first-order valence-electron chi connectivity index (χ1n) is 12.5. The highest BCUT2D eigenvalue weighted by Crippen LogP contribution is 2.36. The summed E-state index contributed by atoms with van der Waals surface area (Å²) in [5, 5.41) is 20.8. The fourth-order valence-corrected chi connectivity index (χ4v) is 5.68. The topological polar surface area (TPSA) is 107 Å². The number of rotatable bonds is 5. The first-order chi connectivity index (χ1) is 18.3. The Labute approximate surface area is 222 Å². The predicted molar refractivity (Wildman–Crippen MR) is 149 cm³/mol. The quantitative estimate of drug-likeness (QED) is 0.330. The summed E-state index contributed by atoms with van der Waals surface area (Å²) in [5.74, 6) is 0. The molecule has 5 aromatic rings. The van der Waals surface area contributed by atoms with Gasteiger partial charge in [0.15, 0.2) is 0 Å². The summed E-state index contributed by atoms with van der Waals surface area (Å²) in [6.45, 7) is 4.54. The fraction of sp³-hybridized carbons (Fsp3) is 0.286. The van der Waals surface area contributed by atoms with E-state index in [-0.39, 0.29) is 29.8 Å². The first-order valence-corrected chi connectivity index (χ1v) is 12.9. The average Bonchev–Trinajstić information content (AvgIpc) is 3.34. The van der Waals surface area contributed by atoms with E-state index in [1.807, 2.05) is 26.0 Å². The zero-order chi connectivity index (χ0) is 26.7. The van der Waals surface area contributed by atoms with Crippen LogP contribution in [0.5, 0.6) is 0 Å². The highest BCUT2D eigenvalue weighted by atomic mass is 35.5. The minimum absolute atomic E-state index is 0.0286. The third-order valence-electron chi connectivity index (χ3n) is 7.38. The van der Waals surface area contributed by atoms with E-state index in [0.717, 1.165) is 38.8 Å². The molecule has 0 radical (unpaired) electrons. The Balaban J connectivity index is 1.52. The molecule has 38 heavy (non-hydrogen) atoms. The van der Waals surface area contributed by atoms with E-state index < -0.39 is 0 Å². The van der Waals surface area contributed by atoms with Gasteiger partial charge in [-0.1, -0.05) is 17.7 Å². The van der Waals surface area contributed by atoms with Crippen LogP contribution >= 0.6 is 11.6 Å². The lowest BCUT2D eigenvalue weighted by atomic mass is 9.95. The van der Waals surface area contributed by atoms with Gasteiger partial charge in [0, 0.05) is 53.6 Å². The van der Waals surface area contributed by atoms with E-state index in [2.05, 4.69) is 21.5 Å². The van der Waals surface area contributed by atoms with Crippen molar-refractivity contribution in [1.29, 1.82) is 0 Å². The lowest BCUT2D eigenvalue weighted by Gasteiger charge is -2.25. The van der Waals surface area contributed by atoms with Gasteiger partial charge in [0.25, 0.3) is 5.56 Å². The van der Waals surface area contributed by atoms with Crippen LogP contribution in [-0.4, -0.2) is 35.6 Å². The molecule has 0 amide bonds. The zero-order valence-corrected chi connectivity index (χ0v) is 22.0. The summed E-state index contributed by atoms with van der Waals surface area (Å²) in [5.41, 5.74) is 4.63. The number of anilines is 1. The maximum absolute atomic E-state index is 13.7. The molecule has 10 heteroatoms. The molecule has 5 heterocycles. The average molecular weight is 531 g/mol. The van der Waals surface area contributed by atoms with Gasteiger partial charge >= 0.3 is 0 Å². The molecule has 9 nitrogen and oxygen atoms in total. The van der Waals surface area contributed by atoms with Crippen LogP contribution in [0.25, 0.3) is 33.1 Å². The van der Waals surface area contributed by atoms with E-state index in [4.69, 9.17) is 11.6 Å². The van der Waals surface area contributed by atoms with Crippen LogP contribution in [0.3, 0.4) is 0 Å². The molecule has 6 rings (SSSR count). The van der Waals surface area contributed by atoms with Gasteiger partial charge in [-0.2, -0.15) is 5.10 Å². The van der Waals surface area contributed by atoms with Gasteiger partial charge in [0.1, 0.15) is 10.8 Å². The van der Waals surface area contributed by atoms with E-state index in [1.165, 1.54) is 10.6 Å². The summed E-state index contributed by atoms with van der Waals surface area (Å²) >= 11 is 6.26. The number of hydrogen-bond acceptors (Lipinski definition) is 6. The molecule has 0 spiro atoms. The number of aryl methyl sites for hydroxylation is 3. The molecule has 0 aliphatic carbocycles. The number of aliphatic hydroxyl groups excluding tert-OH is 1. The minimum Gasteiger partial charge on any atom is -0.394 e. The molecule has 0 fully saturated rings. The van der Waals surface area contributed by atoms with Crippen molar-refractivity contribution in [2.45, 2.75) is 38.9 Å². The predicted octanol–water partition coefficient (Wildman–Crippen LogP) is 4.18. The summed E-state index contributed by atoms with van der Waals surface area (Å²) < 4.78 is 5.06. The minimum atomic E-state index is -0.218. The van der Waals surface area contributed by atoms with E-state index in [1.54, 1.807) is 40.8 Å². The molecule has 1 aliphatic heterocycles. The molecule has 0 bridgehead atoms. The van der Waals surface area contributed by atoms with Gasteiger partial charge in [-0.15, -0.1) is 0 Å². The Bertz CT molecular complexity index is 1850. The number of aromatic nitrogens is 5. The Kier molecular flexibility index (Phi) is 5.85. The van der Waals surface area contributed by atoms with Crippen LogP contribution in [0.4, 0.5) is 5.69 Å². The largest absolute Gasteiger partial charge is 0.394 e. The van der Waals surface area contributed by atoms with Crippen LogP contribution in [0.2, 0.25) is 5.15 Å². The normalized spacial score (nSPS) is 15.8. The van der Waals surface area contributed by atoms with Gasteiger partial charge in [-0.25, -0.2) is 9.67 Å². The van der Waals surface area contributed by atoms with Crippen LogP contribution in [-0.2, 0) is 13.6 Å². The number of hydrogen-bond donors (Lipinski definition) is 2. The zero-order valence-electron chi connectivity index (χ0n) is 21.3. The molecular formula is C28H27ClN6O3. The Hall–Kier alpha value is -3.95. The number of nitrogens with one attached hydrogen (secondary N) is 1. The molecule has 1 aromatic carbocycles. The first kappa shape index (κ1) is 24.4. The number of halogens is 1. The van der Waals surface area contributed by atoms with Crippen LogP contribution in [0, 0.1) is 6.92 Å². The summed E-state index contributed by atoms with van der Waals surface area (Å²) in [6, 6.07) is 10.5. The van der Waals surface area contributed by atoms with Crippen molar-refractivity contribution in [3.8, 4) is 11.3 Å². The highest BCUT2D eigenvalue weighted by molar-refractivity contribution is 6.29. The molecule has 194 valence electrons. The fourth-order valence-electron chi connectivity index (χ4n) is 5.53. The molecule has 2 N–H and O–H groups in total. The summed E-state index contributed by atoms with van der Waals surface area (Å²) in [6.07, 6.45) is 4.18. The van der Waals surface area contributed by atoms with Crippen molar-refractivity contribution in [1.82, 2.24) is 23.9 Å². The van der Waals surface area contributed by atoms with Crippen molar-refractivity contribution in [3.05, 3.63) is 85.8 Å². The number of nitrogens with zero attached hydrogens (tertiary/aromatic N) is 5. The second-order valence-electron chi connectivity index (χ2n) is 9.95. The standard InChI is InChI=1S/C28H27ClN6O3/c1-15-10-19(16(2)31-22-5-6-23(29)32-26(22)17-4-7-24(37)33(3)13-17)25-20(11-15)28(38)34-9-8-18(14-36)35-27(34)21(25)12-30-35/h4-7,10-13,16,18,31,36H,8-9,14H2,1-3H3. The highest BCUT2D eigenvalue weighted by Gasteiger charge is 2.27. The lowest BCUT2D eigenvalue weighted by Crippen LogP contribution is -2.31. The van der Waals surface area contributed by atoms with Crippen LogP contribution in [0.15, 0.2) is 58.4 Å². The second-order valence-corrected chi connectivity index (χ2v) is 10.3. The van der Waals surface area contributed by atoms with E-state index in [9.17, 15) is 14.7 Å². The Morgan fingerprint density at radius 3 is 2.76 bits per heavy atom. The molecular weight excluding hydrogens is 504 g/mol. The summed E-state index contributed by atoms with van der Waals surface area (Å²) in [4.78, 5) is 30.2. The van der Waals surface area contributed by atoms with Gasteiger partial charge < -0.3 is 15.0 Å². The van der Waals surface area contributed by atoms with Crippen LogP contribution < -0.4 is 16.4 Å². The Morgan fingerprint density at radius 2 is 2.00 bits per heavy atom. The van der Waals surface area contributed by atoms with Crippen molar-refractivity contribution >= 4 is 39.1 Å². The molecule has 0 saturated carbocycles. The molecule has 2 unspecified atom stereocenters. The SMILES string of the molecule is Cc1cc(C(C)Nc2ccc(Cl)nc2-c2ccc(=O)n(C)c2)c2c(c1)c(=O)n1c3c2cnn3C(CO)CC1. The molecule has 2 atom stereocenters. The van der Waals surface area contributed by atoms with Crippen molar-refractivity contribution < 1.29 is 5.11 Å². The number of benzene rings is 1. The van der Waals surface area contributed by atoms with E-state index >= 15 is 0 Å². The van der Waals surface area contributed by atoms with E-state index in [0.29, 0.717) is 29.2 Å². The van der Waals surface area contributed by atoms with Gasteiger partial charge in [-0.05, 0) is 55.7 Å². The van der Waals surface area contributed by atoms with Crippen molar-refractivity contribution in [2.75, 3.05) is 11.9 Å². The number of aliphatic hydroxyl groups is 1. The molecule has 1 aliphatic rings. The van der Waals surface area contributed by atoms with Crippen molar-refractivity contribution in [3.63, 3.8) is 0 Å². The molecule has 0 saturated heterocycles. The molecule has 4 aromatic heterocycles. The summed E-state index contributed by atoms with van der Waals surface area (Å²) in [7, 11) is 1.69. The van der Waals surface area contributed by atoms with Gasteiger partial charge in [0.05, 0.1) is 30.2 Å². The van der Waals surface area contributed by atoms with Crippen LogP contribution in [0.1, 0.15) is 36.6 Å². The smallest absolute Gasteiger partial charge is 0.260 e. The monoisotopic (exact) mass is 530 g/mol. The Morgan fingerprint density at radius 1 is 1.18 bits per heavy atom. The maximum atomic E-state index is 13.7. The third kappa shape index (κ3) is 3.81. The second kappa shape index (κ2) is 9.11. The number of fused-ring (bicyclic) bond motifs is 2. The number of pyridine rings is 3. The van der Waals surface area contributed by atoms with Gasteiger partial charge in [0.2, 0.25) is 5.56 Å². The maximum Gasteiger partial charge on any atom is 0.260 e. The van der Waals surface area contributed by atoms with Gasteiger partial charge in [-0.3, -0.25) is 14.2 Å².